The number of benzene rings is 1. The standard InChI is InChI=1S/C24H24N4O3/c29-23-21-15-27(24(30)31-17-26-13-19-8-4-5-9-20(19)14-26)11-10-22(21)25-16-28(23)12-18-6-2-1-3-7-18/h1-8,14,16H,9-13,15,17H2. The molecule has 1 aromatic heterocycles. The summed E-state index contributed by atoms with van der Waals surface area (Å²) in [6.45, 7) is 2.14. The molecule has 158 valence electrons. The molecule has 3 aliphatic rings. The zero-order valence-electron chi connectivity index (χ0n) is 17.2. The summed E-state index contributed by atoms with van der Waals surface area (Å²) in [5.41, 5.74) is 4.83. The van der Waals surface area contributed by atoms with Crippen molar-refractivity contribution in [3.8, 4) is 0 Å². The van der Waals surface area contributed by atoms with Crippen LogP contribution in [0, 0.1) is 0 Å². The lowest BCUT2D eigenvalue weighted by Crippen LogP contribution is -2.42. The molecule has 1 aliphatic carbocycles. The Morgan fingerprint density at radius 3 is 2.84 bits per heavy atom. The predicted molar refractivity (Wildman–Crippen MR) is 116 cm³/mol. The minimum Gasteiger partial charge on any atom is -0.428 e. The van der Waals surface area contributed by atoms with E-state index in [4.69, 9.17) is 4.74 Å². The number of ether oxygens (including phenoxy) is 1. The van der Waals surface area contributed by atoms with Crippen LogP contribution in [0.2, 0.25) is 0 Å². The number of hydrogen-bond donors (Lipinski definition) is 0. The highest BCUT2D eigenvalue weighted by molar-refractivity contribution is 5.68. The summed E-state index contributed by atoms with van der Waals surface area (Å²) < 4.78 is 7.14. The monoisotopic (exact) mass is 416 g/mol. The predicted octanol–water partition coefficient (Wildman–Crippen LogP) is 2.83. The average molecular weight is 416 g/mol. The maximum Gasteiger partial charge on any atom is 0.411 e. The van der Waals surface area contributed by atoms with Gasteiger partial charge in [0.25, 0.3) is 5.56 Å². The van der Waals surface area contributed by atoms with E-state index in [0.29, 0.717) is 25.1 Å². The van der Waals surface area contributed by atoms with Crippen molar-refractivity contribution in [2.75, 3.05) is 19.8 Å². The number of nitrogens with zero attached hydrogens (tertiary/aromatic N) is 4. The van der Waals surface area contributed by atoms with Crippen molar-refractivity contribution in [2.24, 2.45) is 0 Å². The Bertz CT molecular complexity index is 1150. The lowest BCUT2D eigenvalue weighted by Gasteiger charge is -2.28. The fraction of sp³-hybridized carbons (Fsp3) is 0.292. The second kappa shape index (κ2) is 8.26. The maximum atomic E-state index is 13.0. The normalized spacial score (nSPS) is 17.0. The molecule has 1 amide bonds. The molecule has 0 bridgehead atoms. The van der Waals surface area contributed by atoms with E-state index >= 15 is 0 Å². The molecule has 0 fully saturated rings. The fourth-order valence-corrected chi connectivity index (χ4v) is 4.20. The van der Waals surface area contributed by atoms with Crippen LogP contribution < -0.4 is 5.56 Å². The molecule has 0 atom stereocenters. The molecule has 7 heteroatoms. The Balaban J connectivity index is 1.23. The zero-order chi connectivity index (χ0) is 21.2. The molecule has 7 nitrogen and oxygen atoms in total. The zero-order valence-corrected chi connectivity index (χ0v) is 17.2. The van der Waals surface area contributed by atoms with Crippen molar-refractivity contribution >= 4 is 6.09 Å². The Labute approximate surface area is 180 Å². The van der Waals surface area contributed by atoms with Crippen LogP contribution in [0.5, 0.6) is 0 Å². The number of hydrogen-bond acceptors (Lipinski definition) is 5. The first-order valence-corrected chi connectivity index (χ1v) is 10.5. The van der Waals surface area contributed by atoms with E-state index in [1.807, 2.05) is 35.2 Å². The van der Waals surface area contributed by atoms with Gasteiger partial charge in [-0.1, -0.05) is 48.6 Å². The summed E-state index contributed by atoms with van der Waals surface area (Å²) in [6.07, 6.45) is 11.0. The molecule has 3 heterocycles. The first-order chi connectivity index (χ1) is 15.2. The number of aromatic nitrogens is 2. The van der Waals surface area contributed by atoms with Crippen LogP contribution in [-0.2, 0) is 24.2 Å². The number of rotatable bonds is 4. The van der Waals surface area contributed by atoms with Crippen LogP contribution in [0.25, 0.3) is 0 Å². The van der Waals surface area contributed by atoms with Crippen molar-refractivity contribution in [3.63, 3.8) is 0 Å². The van der Waals surface area contributed by atoms with Gasteiger partial charge < -0.3 is 14.5 Å². The number of allylic oxidation sites excluding steroid dienone is 3. The molecule has 0 unspecified atom stereocenters. The van der Waals surface area contributed by atoms with Crippen molar-refractivity contribution < 1.29 is 9.53 Å². The molecule has 0 saturated heterocycles. The lowest BCUT2D eigenvalue weighted by atomic mass is 10.0. The third-order valence-electron chi connectivity index (χ3n) is 5.89. The molecular weight excluding hydrogens is 392 g/mol. The van der Waals surface area contributed by atoms with E-state index in [2.05, 4.69) is 29.4 Å². The van der Waals surface area contributed by atoms with Crippen LogP contribution in [0.3, 0.4) is 0 Å². The third kappa shape index (κ3) is 4.03. The molecule has 5 rings (SSSR count). The van der Waals surface area contributed by atoms with Gasteiger partial charge in [-0.2, -0.15) is 0 Å². The number of carbonyl (C=O) groups is 1. The van der Waals surface area contributed by atoms with Crippen molar-refractivity contribution in [3.05, 3.63) is 99.4 Å². The summed E-state index contributed by atoms with van der Waals surface area (Å²) in [6, 6.07) is 9.79. The van der Waals surface area contributed by atoms with Gasteiger partial charge in [-0.15, -0.1) is 0 Å². The average Bonchev–Trinajstić information content (AvgIpc) is 3.23. The van der Waals surface area contributed by atoms with E-state index in [1.165, 1.54) is 11.1 Å². The van der Waals surface area contributed by atoms with Gasteiger partial charge in [0.1, 0.15) is 0 Å². The van der Waals surface area contributed by atoms with Crippen LogP contribution in [-0.4, -0.2) is 45.3 Å². The Kier molecular flexibility index (Phi) is 5.16. The van der Waals surface area contributed by atoms with Crippen LogP contribution >= 0.6 is 0 Å². The van der Waals surface area contributed by atoms with E-state index in [1.54, 1.807) is 15.8 Å². The van der Waals surface area contributed by atoms with Crippen molar-refractivity contribution in [1.82, 2.24) is 19.4 Å². The molecule has 0 radical (unpaired) electrons. The molecule has 2 aromatic rings. The van der Waals surface area contributed by atoms with Crippen molar-refractivity contribution in [2.45, 2.75) is 25.9 Å². The smallest absolute Gasteiger partial charge is 0.411 e. The van der Waals surface area contributed by atoms with Crippen molar-refractivity contribution in [1.29, 1.82) is 0 Å². The molecule has 0 saturated carbocycles. The molecule has 0 N–H and O–H groups in total. The maximum absolute atomic E-state index is 13.0. The molecule has 2 aliphatic heterocycles. The molecule has 1 aromatic carbocycles. The van der Waals surface area contributed by atoms with Gasteiger partial charge in [0, 0.05) is 25.7 Å². The van der Waals surface area contributed by atoms with Crippen LogP contribution in [0.15, 0.2) is 77.0 Å². The summed E-state index contributed by atoms with van der Waals surface area (Å²) in [7, 11) is 0. The second-order valence-electron chi connectivity index (χ2n) is 8.02. The number of fused-ring (bicyclic) bond motifs is 2. The van der Waals surface area contributed by atoms with E-state index in [0.717, 1.165) is 24.2 Å². The molecule has 31 heavy (non-hydrogen) atoms. The lowest BCUT2D eigenvalue weighted by molar-refractivity contribution is 0.0628. The van der Waals surface area contributed by atoms with Crippen LogP contribution in [0.1, 0.15) is 23.2 Å². The third-order valence-corrected chi connectivity index (χ3v) is 5.89. The number of carbonyl (C=O) groups excluding carboxylic acids is 1. The second-order valence-corrected chi connectivity index (χ2v) is 8.02. The number of amides is 1. The van der Waals surface area contributed by atoms with Gasteiger partial charge in [-0.25, -0.2) is 9.78 Å². The fourth-order valence-electron chi connectivity index (χ4n) is 4.20. The highest BCUT2D eigenvalue weighted by Gasteiger charge is 2.26. The van der Waals surface area contributed by atoms with Gasteiger partial charge in [-0.05, 0) is 23.1 Å². The minimum atomic E-state index is -0.399. The van der Waals surface area contributed by atoms with Gasteiger partial charge in [0.2, 0.25) is 0 Å². The molecular formula is C24H24N4O3. The topological polar surface area (TPSA) is 67.7 Å². The van der Waals surface area contributed by atoms with Crippen LogP contribution in [0.4, 0.5) is 4.79 Å². The minimum absolute atomic E-state index is 0.0980. The van der Waals surface area contributed by atoms with Gasteiger partial charge >= 0.3 is 6.09 Å². The first kappa shape index (κ1) is 19.4. The summed E-state index contributed by atoms with van der Waals surface area (Å²) >= 11 is 0. The largest absolute Gasteiger partial charge is 0.428 e. The molecule has 0 spiro atoms. The SMILES string of the molecule is O=C(OCN1C=C2CC=CC=C2C1)N1CCc2ncn(Cc3ccccc3)c(=O)c2C1. The Morgan fingerprint density at radius 2 is 2.00 bits per heavy atom. The van der Waals surface area contributed by atoms with E-state index in [9.17, 15) is 9.59 Å². The summed E-state index contributed by atoms with van der Waals surface area (Å²) in [5, 5.41) is 0. The van der Waals surface area contributed by atoms with Gasteiger partial charge in [0.05, 0.1) is 30.7 Å². The summed E-state index contributed by atoms with van der Waals surface area (Å²) in [4.78, 5) is 33.7. The summed E-state index contributed by atoms with van der Waals surface area (Å²) in [5.74, 6) is 0. The van der Waals surface area contributed by atoms with E-state index < -0.39 is 6.09 Å². The highest BCUT2D eigenvalue weighted by atomic mass is 16.6. The Morgan fingerprint density at radius 1 is 1.13 bits per heavy atom. The first-order valence-electron chi connectivity index (χ1n) is 10.5. The highest BCUT2D eigenvalue weighted by Crippen LogP contribution is 2.27. The van der Waals surface area contributed by atoms with Gasteiger partial charge in [-0.3, -0.25) is 9.36 Å². The van der Waals surface area contributed by atoms with E-state index in [-0.39, 0.29) is 18.8 Å². The Hall–Kier alpha value is -3.61. The quantitative estimate of drug-likeness (QED) is 0.767. The van der Waals surface area contributed by atoms with Gasteiger partial charge in [0.15, 0.2) is 6.73 Å².